The van der Waals surface area contributed by atoms with Gasteiger partial charge in [0, 0.05) is 46.4 Å². The second-order valence-corrected chi connectivity index (χ2v) is 12.2. The quantitative estimate of drug-likeness (QED) is 0.310. The predicted octanol–water partition coefficient (Wildman–Crippen LogP) is 6.59. The number of methoxy groups -OCH3 is 1. The first-order valence-corrected chi connectivity index (χ1v) is 15.9. The first kappa shape index (κ1) is 31.2. The van der Waals surface area contributed by atoms with Crippen LogP contribution in [0.4, 0.5) is 0 Å². The van der Waals surface area contributed by atoms with Crippen LogP contribution in [-0.4, -0.2) is 47.9 Å². The molecule has 6 rings (SSSR count). The number of aliphatic imine (C=N–C) groups is 3. The van der Waals surface area contributed by atoms with Gasteiger partial charge in [-0.15, -0.1) is 0 Å². The summed E-state index contributed by atoms with van der Waals surface area (Å²) in [6.45, 7) is 16.4. The molecule has 9 nitrogen and oxygen atoms in total. The van der Waals surface area contributed by atoms with Crippen molar-refractivity contribution in [1.82, 2.24) is 5.32 Å². The molecular formula is C37H40N4O5. The van der Waals surface area contributed by atoms with E-state index in [-0.39, 0.29) is 30.0 Å². The van der Waals surface area contributed by atoms with Gasteiger partial charge in [0.1, 0.15) is 11.7 Å². The first-order valence-electron chi connectivity index (χ1n) is 15.9. The van der Waals surface area contributed by atoms with E-state index in [1.54, 1.807) is 6.92 Å². The number of aliphatic hydroxyl groups is 1. The van der Waals surface area contributed by atoms with Gasteiger partial charge in [-0.3, -0.25) is 9.59 Å². The summed E-state index contributed by atoms with van der Waals surface area (Å²) < 4.78 is 10.5. The Morgan fingerprint density at radius 3 is 2.41 bits per heavy atom. The van der Waals surface area contributed by atoms with Gasteiger partial charge in [-0.05, 0) is 81.1 Å². The summed E-state index contributed by atoms with van der Waals surface area (Å²) in [6.07, 6.45) is 9.29. The van der Waals surface area contributed by atoms with Gasteiger partial charge in [-0.25, -0.2) is 15.0 Å². The van der Waals surface area contributed by atoms with Crippen LogP contribution in [0.1, 0.15) is 60.8 Å². The van der Waals surface area contributed by atoms with Crippen molar-refractivity contribution in [3.63, 3.8) is 0 Å². The summed E-state index contributed by atoms with van der Waals surface area (Å²) in [7, 11) is 1.32. The Morgan fingerprint density at radius 1 is 1.02 bits per heavy atom. The molecule has 3 atom stereocenters. The maximum Gasteiger partial charge on any atom is 0.321 e. The van der Waals surface area contributed by atoms with Crippen molar-refractivity contribution in [2.45, 2.75) is 60.8 Å². The molecule has 1 saturated heterocycles. The Morgan fingerprint density at radius 2 is 1.74 bits per heavy atom. The molecule has 2 N–H and O–H groups in total. The van der Waals surface area contributed by atoms with Crippen LogP contribution in [0.5, 0.6) is 0 Å². The van der Waals surface area contributed by atoms with E-state index in [1.165, 1.54) is 7.11 Å². The number of hydrogen-bond donors (Lipinski definition) is 2. The van der Waals surface area contributed by atoms with E-state index in [9.17, 15) is 14.7 Å². The average molecular weight is 621 g/mol. The zero-order valence-corrected chi connectivity index (χ0v) is 27.5. The third-order valence-corrected chi connectivity index (χ3v) is 9.83. The van der Waals surface area contributed by atoms with Gasteiger partial charge in [0.2, 0.25) is 0 Å². The number of carbonyl (C=O) groups excluding carboxylic acids is 2. The second-order valence-electron chi connectivity index (χ2n) is 12.2. The topological polar surface area (TPSA) is 122 Å². The van der Waals surface area contributed by atoms with E-state index >= 15 is 0 Å². The van der Waals surface area contributed by atoms with Crippen LogP contribution in [0.3, 0.4) is 0 Å². The molecule has 5 heterocycles. The molecule has 0 amide bonds. The largest absolute Gasteiger partial charge is 0.510 e. The van der Waals surface area contributed by atoms with E-state index in [4.69, 9.17) is 24.5 Å². The van der Waals surface area contributed by atoms with Crippen molar-refractivity contribution in [3.05, 3.63) is 104 Å². The van der Waals surface area contributed by atoms with Gasteiger partial charge >= 0.3 is 11.9 Å². The molecule has 0 spiro atoms. The van der Waals surface area contributed by atoms with Crippen molar-refractivity contribution >= 4 is 29.1 Å². The van der Waals surface area contributed by atoms with E-state index in [0.717, 1.165) is 68.5 Å². The Labute approximate surface area is 269 Å². The lowest BCUT2D eigenvalue weighted by atomic mass is 9.84. The van der Waals surface area contributed by atoms with Crippen LogP contribution in [0.15, 0.2) is 119 Å². The summed E-state index contributed by atoms with van der Waals surface area (Å²) in [5.74, 6) is -2.29. The second kappa shape index (κ2) is 11.9. The first-order chi connectivity index (χ1) is 22.0. The van der Waals surface area contributed by atoms with E-state index in [0.29, 0.717) is 35.6 Å². The highest BCUT2D eigenvalue weighted by molar-refractivity contribution is 6.24. The number of aliphatic hydroxyl groups excluding tert-OH is 1. The molecule has 0 aromatic rings. The molecule has 1 aliphatic carbocycles. The fourth-order valence-electron chi connectivity index (χ4n) is 7.28. The van der Waals surface area contributed by atoms with Crippen molar-refractivity contribution in [1.29, 1.82) is 0 Å². The lowest BCUT2D eigenvalue weighted by Gasteiger charge is -2.20. The average Bonchev–Trinajstić information content (AvgIpc) is 3.77. The van der Waals surface area contributed by atoms with Crippen molar-refractivity contribution in [3.8, 4) is 0 Å². The highest BCUT2D eigenvalue weighted by atomic mass is 16.5. The predicted molar refractivity (Wildman–Crippen MR) is 179 cm³/mol. The van der Waals surface area contributed by atoms with Gasteiger partial charge < -0.3 is 19.9 Å². The molecule has 238 valence electrons. The number of carbonyl (C=O) groups is 2. The van der Waals surface area contributed by atoms with Crippen LogP contribution in [0.2, 0.25) is 0 Å². The number of esters is 2. The maximum absolute atomic E-state index is 13.3. The van der Waals surface area contributed by atoms with Crippen molar-refractivity contribution in [2.75, 3.05) is 13.7 Å². The Balaban J connectivity index is 1.64. The number of fused-ring (bicyclic) bond motifs is 5. The summed E-state index contributed by atoms with van der Waals surface area (Å²) in [5, 5.41) is 15.3. The monoisotopic (exact) mass is 620 g/mol. The molecule has 6 aliphatic rings. The molecule has 0 unspecified atom stereocenters. The van der Waals surface area contributed by atoms with Crippen molar-refractivity contribution < 1.29 is 24.2 Å². The highest BCUT2D eigenvalue weighted by Gasteiger charge is 2.49. The lowest BCUT2D eigenvalue weighted by molar-refractivity contribution is -0.144. The van der Waals surface area contributed by atoms with Crippen molar-refractivity contribution in [2.24, 2.45) is 32.7 Å². The summed E-state index contributed by atoms with van der Waals surface area (Å²) in [6, 6.07) is 0. The summed E-state index contributed by atoms with van der Waals surface area (Å²) in [5.41, 5.74) is 12.0. The molecule has 0 aromatic heterocycles. The molecule has 0 aromatic carbocycles. The van der Waals surface area contributed by atoms with Gasteiger partial charge in [-0.1, -0.05) is 26.5 Å². The van der Waals surface area contributed by atoms with Gasteiger partial charge in [0.05, 0.1) is 47.9 Å². The Bertz CT molecular complexity index is 1850. The minimum absolute atomic E-state index is 0.0804. The van der Waals surface area contributed by atoms with Gasteiger partial charge in [-0.2, -0.15) is 0 Å². The van der Waals surface area contributed by atoms with Crippen LogP contribution in [0.25, 0.3) is 0 Å². The number of hydrogen-bond acceptors (Lipinski definition) is 9. The van der Waals surface area contributed by atoms with Gasteiger partial charge in [0.15, 0.2) is 0 Å². The number of rotatable bonds is 7. The van der Waals surface area contributed by atoms with E-state index in [1.807, 2.05) is 38.2 Å². The van der Waals surface area contributed by atoms with Crippen LogP contribution >= 0.6 is 0 Å². The minimum Gasteiger partial charge on any atom is -0.510 e. The molecule has 1 fully saturated rings. The zero-order chi connectivity index (χ0) is 33.0. The van der Waals surface area contributed by atoms with Crippen LogP contribution in [-0.2, 0) is 19.1 Å². The third-order valence-electron chi connectivity index (χ3n) is 9.83. The standard InChI is InChI=1S/C37H40N4O5/c1-9-21-17(4)24-14-26-19(6)23(12-13-30(42)46-11-3)34(40-26)32-33(37(44)45-8)36(43)31-20(7)27(41-35(31)32)16-29-22(10-2)18(5)25(39-29)15-28(21)38-24/h9,14-16,19,23,33,40,43H,1,10-13H2,2-8H3/t19-,23-,33+/m0/s1. The van der Waals surface area contributed by atoms with Crippen LogP contribution in [0, 0.1) is 17.8 Å². The normalized spacial score (nSPS) is 25.0. The van der Waals surface area contributed by atoms with E-state index in [2.05, 4.69) is 32.7 Å². The smallest absolute Gasteiger partial charge is 0.321 e. The van der Waals surface area contributed by atoms with Gasteiger partial charge in [0.25, 0.3) is 0 Å². The third kappa shape index (κ3) is 4.80. The molecule has 46 heavy (non-hydrogen) atoms. The molecule has 5 aliphatic heterocycles. The number of allylic oxidation sites excluding steroid dienone is 11. The number of nitrogens with one attached hydrogen (secondary N) is 1. The lowest BCUT2D eigenvalue weighted by Crippen LogP contribution is -2.25. The summed E-state index contributed by atoms with van der Waals surface area (Å²) in [4.78, 5) is 41.0. The SMILES string of the molecule is C=CC1=C(C)C2=NC1=CC1=NC(=CC3=C(C)C4=C(O)[C@H](C(=O)OC)C(=C5NC(=C2)[C@@H](C)[C@@H]5CCC(=O)OCC)C4=N3)C(CC)=C1C. The minimum atomic E-state index is -1.06. The zero-order valence-electron chi connectivity index (χ0n) is 27.5. The number of ether oxygens (including phenoxy) is 2. The Kier molecular flexibility index (Phi) is 8.04. The van der Waals surface area contributed by atoms with E-state index < -0.39 is 11.9 Å². The molecule has 0 radical (unpaired) electrons. The number of nitrogens with zero attached hydrogens (tertiary/aromatic N) is 3. The molecule has 8 bridgehead atoms. The Hall–Kier alpha value is -4.79. The van der Waals surface area contributed by atoms with Crippen LogP contribution < -0.4 is 5.32 Å². The maximum atomic E-state index is 13.3. The molecular weight excluding hydrogens is 580 g/mol. The molecule has 0 saturated carbocycles. The highest BCUT2D eigenvalue weighted by Crippen LogP contribution is 2.49. The fraction of sp³-hybridized carbons (Fsp3) is 0.378. The summed E-state index contributed by atoms with van der Waals surface area (Å²) >= 11 is 0. The molecule has 9 heteroatoms. The fourth-order valence-corrected chi connectivity index (χ4v) is 7.28.